The Kier molecular flexibility index (Phi) is 7.80. The number of nitrogens with zero attached hydrogens (tertiary/aromatic N) is 1. The normalized spacial score (nSPS) is 17.1. The van der Waals surface area contributed by atoms with Crippen LogP contribution in [0.15, 0.2) is 57.9 Å². The van der Waals surface area contributed by atoms with E-state index in [-0.39, 0.29) is 28.5 Å². The van der Waals surface area contributed by atoms with E-state index in [2.05, 4.69) is 21.2 Å². The lowest BCUT2D eigenvalue weighted by molar-refractivity contribution is -0.126. The predicted molar refractivity (Wildman–Crippen MR) is 127 cm³/mol. The van der Waals surface area contributed by atoms with Crippen molar-refractivity contribution in [3.05, 3.63) is 64.1 Å². The van der Waals surface area contributed by atoms with Crippen LogP contribution in [0.25, 0.3) is 0 Å². The Balaban J connectivity index is 1.54. The SMILES string of the molecule is C[C@H](NC(=O)C1CCN(S(=O)(=O)Cc2ccc(Br)cc2)CC1)c1ccc(S(C)(=O)=O)cc1. The number of hydrogen-bond donors (Lipinski definition) is 1. The molecule has 0 radical (unpaired) electrons. The number of sulfonamides is 1. The van der Waals surface area contributed by atoms with Crippen LogP contribution in [0.5, 0.6) is 0 Å². The number of halogens is 1. The third-order valence-electron chi connectivity index (χ3n) is 5.65. The van der Waals surface area contributed by atoms with Gasteiger partial charge in [-0.3, -0.25) is 4.79 Å². The van der Waals surface area contributed by atoms with Crippen LogP contribution in [0, 0.1) is 5.92 Å². The molecule has 0 unspecified atom stereocenters. The molecule has 1 N–H and O–H groups in total. The molecule has 0 bridgehead atoms. The van der Waals surface area contributed by atoms with Crippen LogP contribution in [-0.2, 0) is 30.4 Å². The summed E-state index contributed by atoms with van der Waals surface area (Å²) in [4.78, 5) is 12.9. The van der Waals surface area contributed by atoms with Gasteiger partial charge in [-0.1, -0.05) is 40.2 Å². The van der Waals surface area contributed by atoms with Gasteiger partial charge in [0.15, 0.2) is 9.84 Å². The predicted octanol–water partition coefficient (Wildman–Crippen LogP) is 3.27. The van der Waals surface area contributed by atoms with Crippen molar-refractivity contribution < 1.29 is 21.6 Å². The van der Waals surface area contributed by atoms with Gasteiger partial charge in [0.2, 0.25) is 15.9 Å². The lowest BCUT2D eigenvalue weighted by Gasteiger charge is -2.31. The first kappa shape index (κ1) is 24.9. The standard InChI is InChI=1S/C22H27BrN2O5S2/c1-16(18-5-9-21(10-6-18)31(2,27)28)24-22(26)19-11-13-25(14-12-19)32(29,30)15-17-3-7-20(23)8-4-17/h3-10,16,19H,11-15H2,1-2H3,(H,24,26)/t16-/m0/s1. The Bertz CT molecular complexity index is 1160. The third-order valence-corrected chi connectivity index (χ3v) is 9.15. The summed E-state index contributed by atoms with van der Waals surface area (Å²) in [6.07, 6.45) is 2.08. The number of benzene rings is 2. The molecule has 1 amide bonds. The summed E-state index contributed by atoms with van der Waals surface area (Å²) < 4.78 is 51.0. The molecular weight excluding hydrogens is 516 g/mol. The van der Waals surface area contributed by atoms with Crippen LogP contribution in [0.4, 0.5) is 0 Å². The van der Waals surface area contributed by atoms with E-state index < -0.39 is 19.9 Å². The van der Waals surface area contributed by atoms with Crippen molar-refractivity contribution in [2.24, 2.45) is 5.92 Å². The summed E-state index contributed by atoms with van der Waals surface area (Å²) in [5.74, 6) is -0.431. The molecule has 1 atom stereocenters. The van der Waals surface area contributed by atoms with Gasteiger partial charge in [0, 0.05) is 29.7 Å². The maximum Gasteiger partial charge on any atom is 0.223 e. The first-order valence-corrected chi connectivity index (χ1v) is 14.6. The Hall–Kier alpha value is -1.75. The molecule has 1 saturated heterocycles. The van der Waals surface area contributed by atoms with Crippen molar-refractivity contribution in [2.45, 2.75) is 36.5 Å². The number of carbonyl (C=O) groups excluding carboxylic acids is 1. The van der Waals surface area contributed by atoms with Crippen LogP contribution in [-0.4, -0.2) is 46.4 Å². The van der Waals surface area contributed by atoms with Crippen molar-refractivity contribution in [2.75, 3.05) is 19.3 Å². The van der Waals surface area contributed by atoms with Crippen molar-refractivity contribution in [1.29, 1.82) is 0 Å². The van der Waals surface area contributed by atoms with Crippen LogP contribution in [0.1, 0.15) is 36.9 Å². The fourth-order valence-electron chi connectivity index (χ4n) is 3.70. The van der Waals surface area contributed by atoms with E-state index in [1.165, 1.54) is 16.4 Å². The molecule has 0 aliphatic carbocycles. The van der Waals surface area contributed by atoms with Crippen molar-refractivity contribution in [1.82, 2.24) is 9.62 Å². The molecule has 0 aromatic heterocycles. The lowest BCUT2D eigenvalue weighted by atomic mass is 9.96. The van der Waals surface area contributed by atoms with Gasteiger partial charge in [-0.2, -0.15) is 0 Å². The molecule has 1 aliphatic heterocycles. The summed E-state index contributed by atoms with van der Waals surface area (Å²) in [5, 5.41) is 2.96. The smallest absolute Gasteiger partial charge is 0.223 e. The molecule has 2 aromatic rings. The molecule has 1 fully saturated rings. The number of carbonyl (C=O) groups is 1. The highest BCUT2D eigenvalue weighted by Crippen LogP contribution is 2.24. The lowest BCUT2D eigenvalue weighted by Crippen LogP contribution is -2.43. The molecule has 3 rings (SSSR count). The van der Waals surface area contributed by atoms with E-state index in [0.717, 1.165) is 21.9 Å². The Morgan fingerprint density at radius 1 is 1.03 bits per heavy atom. The van der Waals surface area contributed by atoms with Crippen LogP contribution >= 0.6 is 15.9 Å². The Morgan fingerprint density at radius 3 is 2.12 bits per heavy atom. The second-order valence-electron chi connectivity index (χ2n) is 8.13. The summed E-state index contributed by atoms with van der Waals surface area (Å²) in [7, 11) is -6.71. The highest BCUT2D eigenvalue weighted by molar-refractivity contribution is 9.10. The van der Waals surface area contributed by atoms with Gasteiger partial charge < -0.3 is 5.32 Å². The van der Waals surface area contributed by atoms with E-state index in [9.17, 15) is 21.6 Å². The maximum absolute atomic E-state index is 12.7. The van der Waals surface area contributed by atoms with Crippen LogP contribution < -0.4 is 5.32 Å². The third kappa shape index (κ3) is 6.40. The molecule has 1 aliphatic rings. The molecular formula is C22H27BrN2O5S2. The molecule has 10 heteroatoms. The molecule has 0 saturated carbocycles. The summed E-state index contributed by atoms with van der Waals surface area (Å²) in [6, 6.07) is 13.4. The van der Waals surface area contributed by atoms with Gasteiger partial charge in [0.05, 0.1) is 16.7 Å². The fourth-order valence-corrected chi connectivity index (χ4v) is 6.16. The van der Waals surface area contributed by atoms with Crippen molar-refractivity contribution >= 4 is 41.7 Å². The zero-order valence-corrected chi connectivity index (χ0v) is 21.2. The fraction of sp³-hybridized carbons (Fsp3) is 0.409. The highest BCUT2D eigenvalue weighted by atomic mass is 79.9. The van der Waals surface area contributed by atoms with E-state index in [4.69, 9.17) is 0 Å². The Morgan fingerprint density at radius 2 is 1.59 bits per heavy atom. The van der Waals surface area contributed by atoms with E-state index in [1.54, 1.807) is 24.3 Å². The summed E-state index contributed by atoms with van der Waals surface area (Å²) >= 11 is 3.34. The number of piperidine rings is 1. The van der Waals surface area contributed by atoms with Gasteiger partial charge in [-0.25, -0.2) is 21.1 Å². The number of sulfone groups is 1. The van der Waals surface area contributed by atoms with Crippen LogP contribution in [0.2, 0.25) is 0 Å². The number of nitrogens with one attached hydrogen (secondary N) is 1. The minimum absolute atomic E-state index is 0.0579. The first-order chi connectivity index (χ1) is 15.0. The zero-order valence-electron chi connectivity index (χ0n) is 18.0. The second kappa shape index (κ2) is 10.0. The molecule has 1 heterocycles. The molecule has 174 valence electrons. The number of amides is 1. The van der Waals surface area contributed by atoms with Gasteiger partial charge >= 0.3 is 0 Å². The van der Waals surface area contributed by atoms with E-state index in [1.807, 2.05) is 19.1 Å². The molecule has 32 heavy (non-hydrogen) atoms. The van der Waals surface area contributed by atoms with Crippen molar-refractivity contribution in [3.8, 4) is 0 Å². The quantitative estimate of drug-likeness (QED) is 0.578. The number of rotatable bonds is 7. The highest BCUT2D eigenvalue weighted by Gasteiger charge is 2.31. The largest absolute Gasteiger partial charge is 0.349 e. The Labute approximate surface area is 198 Å². The number of hydrogen-bond acceptors (Lipinski definition) is 5. The zero-order chi connectivity index (χ0) is 23.5. The monoisotopic (exact) mass is 542 g/mol. The topological polar surface area (TPSA) is 101 Å². The van der Waals surface area contributed by atoms with E-state index >= 15 is 0 Å². The average molecular weight is 544 g/mol. The molecule has 0 spiro atoms. The molecule has 2 aromatic carbocycles. The van der Waals surface area contributed by atoms with Crippen molar-refractivity contribution in [3.63, 3.8) is 0 Å². The summed E-state index contributed by atoms with van der Waals surface area (Å²) in [5.41, 5.74) is 1.53. The van der Waals surface area contributed by atoms with Gasteiger partial charge in [0.25, 0.3) is 0 Å². The van der Waals surface area contributed by atoms with Gasteiger partial charge in [0.1, 0.15) is 0 Å². The van der Waals surface area contributed by atoms with Crippen LogP contribution in [0.3, 0.4) is 0 Å². The summed E-state index contributed by atoms with van der Waals surface area (Å²) in [6.45, 7) is 2.47. The molecule has 7 nitrogen and oxygen atoms in total. The average Bonchev–Trinajstić information content (AvgIpc) is 2.75. The maximum atomic E-state index is 12.7. The minimum atomic E-state index is -3.44. The van der Waals surface area contributed by atoms with Gasteiger partial charge in [-0.15, -0.1) is 0 Å². The minimum Gasteiger partial charge on any atom is -0.349 e. The van der Waals surface area contributed by atoms with E-state index in [0.29, 0.717) is 25.9 Å². The first-order valence-electron chi connectivity index (χ1n) is 10.3. The second-order valence-corrected chi connectivity index (χ2v) is 13.0. The van der Waals surface area contributed by atoms with Gasteiger partial charge in [-0.05, 0) is 55.2 Å².